The average Bonchev–Trinajstić information content (AvgIpc) is 3.32. The fourth-order valence-electron chi connectivity index (χ4n) is 4.49. The maximum atomic E-state index is 13.1. The van der Waals surface area contributed by atoms with Gasteiger partial charge in [0, 0.05) is 29.6 Å². The summed E-state index contributed by atoms with van der Waals surface area (Å²) < 4.78 is 22.1. The highest BCUT2D eigenvalue weighted by Gasteiger charge is 2.32. The summed E-state index contributed by atoms with van der Waals surface area (Å²) >= 11 is 0. The summed E-state index contributed by atoms with van der Waals surface area (Å²) in [4.78, 5) is 26.8. The molecule has 0 N–H and O–H groups in total. The van der Waals surface area contributed by atoms with E-state index in [1.54, 1.807) is 26.4 Å². The minimum Gasteiger partial charge on any atom is -0.497 e. The number of methoxy groups -OCH3 is 2. The van der Waals surface area contributed by atoms with Crippen LogP contribution in [0, 0.1) is 0 Å². The van der Waals surface area contributed by atoms with Crippen molar-refractivity contribution < 1.29 is 23.4 Å². The van der Waals surface area contributed by atoms with Crippen LogP contribution in [0.5, 0.6) is 17.2 Å². The largest absolute Gasteiger partial charge is 0.497 e. The number of carbonyl (C=O) groups is 1. The highest BCUT2D eigenvalue weighted by Crippen LogP contribution is 2.39. The molecule has 174 valence electrons. The van der Waals surface area contributed by atoms with Gasteiger partial charge in [-0.2, -0.15) is 0 Å². The lowest BCUT2D eigenvalue weighted by atomic mass is 10.0. The molecule has 4 rings (SSSR count). The van der Waals surface area contributed by atoms with E-state index in [1.165, 1.54) is 6.07 Å². The lowest BCUT2D eigenvalue weighted by molar-refractivity contribution is -0.134. The van der Waals surface area contributed by atoms with E-state index in [2.05, 4.69) is 6.92 Å². The molecule has 0 bridgehead atoms. The molecule has 3 aromatic rings. The Labute approximate surface area is 192 Å². The van der Waals surface area contributed by atoms with Crippen molar-refractivity contribution in [3.05, 3.63) is 64.0 Å². The van der Waals surface area contributed by atoms with Crippen LogP contribution < -0.4 is 19.8 Å². The molecule has 33 heavy (non-hydrogen) atoms. The van der Waals surface area contributed by atoms with E-state index in [1.807, 2.05) is 29.2 Å². The van der Waals surface area contributed by atoms with Gasteiger partial charge in [0.05, 0.1) is 20.3 Å². The van der Waals surface area contributed by atoms with Crippen LogP contribution in [-0.4, -0.2) is 38.2 Å². The van der Waals surface area contributed by atoms with Crippen LogP contribution in [0.4, 0.5) is 0 Å². The van der Waals surface area contributed by atoms with Gasteiger partial charge in [0.15, 0.2) is 6.61 Å². The van der Waals surface area contributed by atoms with Crippen LogP contribution in [0.25, 0.3) is 11.0 Å². The predicted molar refractivity (Wildman–Crippen MR) is 125 cm³/mol. The Bertz CT molecular complexity index is 1200. The summed E-state index contributed by atoms with van der Waals surface area (Å²) in [7, 11) is 3.24. The Hall–Kier alpha value is -3.48. The Balaban J connectivity index is 1.50. The highest BCUT2D eigenvalue weighted by atomic mass is 16.5. The number of benzene rings is 2. The zero-order chi connectivity index (χ0) is 23.4. The molecule has 0 unspecified atom stereocenters. The molecule has 1 aliphatic heterocycles. The minimum absolute atomic E-state index is 0.0997. The number of hydrogen-bond acceptors (Lipinski definition) is 6. The van der Waals surface area contributed by atoms with Gasteiger partial charge in [-0.15, -0.1) is 0 Å². The Morgan fingerprint density at radius 1 is 1.09 bits per heavy atom. The third-order valence-corrected chi connectivity index (χ3v) is 6.05. The van der Waals surface area contributed by atoms with Crippen LogP contribution in [-0.2, 0) is 11.2 Å². The van der Waals surface area contributed by atoms with Gasteiger partial charge in [0.1, 0.15) is 22.8 Å². The number of rotatable bonds is 8. The van der Waals surface area contributed by atoms with Gasteiger partial charge >= 0.3 is 5.63 Å². The van der Waals surface area contributed by atoms with Gasteiger partial charge < -0.3 is 23.5 Å². The van der Waals surface area contributed by atoms with Crippen LogP contribution in [0.2, 0.25) is 0 Å². The average molecular weight is 452 g/mol. The van der Waals surface area contributed by atoms with E-state index in [-0.39, 0.29) is 24.2 Å². The Morgan fingerprint density at radius 2 is 1.91 bits per heavy atom. The molecule has 0 spiro atoms. The monoisotopic (exact) mass is 451 g/mol. The molecule has 1 aromatic heterocycles. The summed E-state index contributed by atoms with van der Waals surface area (Å²) in [5, 5.41) is 0.889. The molecule has 2 heterocycles. The summed E-state index contributed by atoms with van der Waals surface area (Å²) in [6.07, 6.45) is 3.47. The fraction of sp³-hybridized carbons (Fsp3) is 0.385. The van der Waals surface area contributed by atoms with Gasteiger partial charge in [-0.25, -0.2) is 4.79 Å². The van der Waals surface area contributed by atoms with Gasteiger partial charge in [-0.05, 0) is 55.2 Å². The van der Waals surface area contributed by atoms with E-state index >= 15 is 0 Å². The van der Waals surface area contributed by atoms with Crippen molar-refractivity contribution >= 4 is 16.9 Å². The molecule has 1 atom stereocenters. The molecule has 7 heteroatoms. The van der Waals surface area contributed by atoms with Gasteiger partial charge in [-0.3, -0.25) is 4.79 Å². The molecular weight excluding hydrogens is 422 g/mol. The van der Waals surface area contributed by atoms with Crippen LogP contribution >= 0.6 is 0 Å². The third kappa shape index (κ3) is 4.82. The van der Waals surface area contributed by atoms with E-state index < -0.39 is 0 Å². The molecule has 0 aliphatic carbocycles. The Kier molecular flexibility index (Phi) is 6.87. The second-order valence-electron chi connectivity index (χ2n) is 8.14. The number of ether oxygens (including phenoxy) is 3. The van der Waals surface area contributed by atoms with Crippen LogP contribution in [0.1, 0.15) is 43.4 Å². The first-order chi connectivity index (χ1) is 16.0. The van der Waals surface area contributed by atoms with Crippen molar-refractivity contribution in [1.82, 2.24) is 4.90 Å². The molecule has 1 fully saturated rings. The van der Waals surface area contributed by atoms with Gasteiger partial charge in [0.25, 0.3) is 5.91 Å². The van der Waals surface area contributed by atoms with E-state index in [9.17, 15) is 9.59 Å². The van der Waals surface area contributed by atoms with Crippen LogP contribution in [0.15, 0.2) is 51.7 Å². The summed E-state index contributed by atoms with van der Waals surface area (Å²) in [5.74, 6) is 1.83. The van der Waals surface area contributed by atoms with E-state index in [4.69, 9.17) is 18.6 Å². The summed E-state index contributed by atoms with van der Waals surface area (Å²) in [5.41, 5.74) is 1.97. The first kappa shape index (κ1) is 22.7. The molecule has 7 nitrogen and oxygen atoms in total. The van der Waals surface area contributed by atoms with Crippen molar-refractivity contribution in [1.29, 1.82) is 0 Å². The topological polar surface area (TPSA) is 78.2 Å². The third-order valence-electron chi connectivity index (χ3n) is 6.05. The molecule has 1 saturated heterocycles. The SMILES string of the molecule is CCCc1cc(=O)oc2cc(OCC(=O)N3CCC[C@H]3c3cc(OC)ccc3OC)ccc12. The number of amides is 1. The summed E-state index contributed by atoms with van der Waals surface area (Å²) in [6.45, 7) is 2.61. The Morgan fingerprint density at radius 3 is 2.67 bits per heavy atom. The quantitative estimate of drug-likeness (QED) is 0.469. The van der Waals surface area contributed by atoms with Gasteiger partial charge in [-0.1, -0.05) is 13.3 Å². The fourth-order valence-corrected chi connectivity index (χ4v) is 4.49. The zero-order valence-corrected chi connectivity index (χ0v) is 19.3. The number of carbonyl (C=O) groups excluding carboxylic acids is 1. The first-order valence-corrected chi connectivity index (χ1v) is 11.2. The van der Waals surface area contributed by atoms with Crippen molar-refractivity contribution in [2.45, 2.75) is 38.6 Å². The van der Waals surface area contributed by atoms with Crippen molar-refractivity contribution in [3.8, 4) is 17.2 Å². The molecule has 2 aromatic carbocycles. The lowest BCUT2D eigenvalue weighted by Crippen LogP contribution is -2.34. The number of aryl methyl sites for hydroxylation is 1. The first-order valence-electron chi connectivity index (χ1n) is 11.2. The van der Waals surface area contributed by atoms with Gasteiger partial charge in [0.2, 0.25) is 0 Å². The molecule has 0 saturated carbocycles. The second kappa shape index (κ2) is 9.98. The number of nitrogens with zero attached hydrogens (tertiary/aromatic N) is 1. The number of fused-ring (bicyclic) bond motifs is 1. The summed E-state index contributed by atoms with van der Waals surface area (Å²) in [6, 6.07) is 12.4. The maximum Gasteiger partial charge on any atom is 0.336 e. The standard InChI is InChI=1S/C26H29NO6/c1-4-6-17-13-26(29)33-24-15-19(8-10-20(17)24)32-16-25(28)27-12-5-7-22(27)21-14-18(30-2)9-11-23(21)31-3/h8-11,13-15,22H,4-7,12,16H2,1-3H3/t22-/m0/s1. The van der Waals surface area contributed by atoms with Crippen molar-refractivity contribution in [3.63, 3.8) is 0 Å². The maximum absolute atomic E-state index is 13.1. The zero-order valence-electron chi connectivity index (χ0n) is 19.3. The number of hydrogen-bond donors (Lipinski definition) is 0. The second-order valence-corrected chi connectivity index (χ2v) is 8.14. The van der Waals surface area contributed by atoms with Crippen molar-refractivity contribution in [2.75, 3.05) is 27.4 Å². The normalized spacial score (nSPS) is 15.6. The molecule has 0 radical (unpaired) electrons. The van der Waals surface area contributed by atoms with E-state index in [0.717, 1.165) is 53.7 Å². The minimum atomic E-state index is -0.383. The molecule has 1 amide bonds. The van der Waals surface area contributed by atoms with Crippen LogP contribution in [0.3, 0.4) is 0 Å². The van der Waals surface area contributed by atoms with Crippen molar-refractivity contribution in [2.24, 2.45) is 0 Å². The lowest BCUT2D eigenvalue weighted by Gasteiger charge is -2.26. The number of likely N-dealkylation sites (tertiary alicyclic amines) is 1. The van der Waals surface area contributed by atoms with E-state index in [0.29, 0.717) is 17.9 Å². The molecule has 1 aliphatic rings. The predicted octanol–water partition coefficient (Wildman–Crippen LogP) is 4.51. The molecular formula is C26H29NO6. The highest BCUT2D eigenvalue weighted by molar-refractivity contribution is 5.82. The smallest absolute Gasteiger partial charge is 0.336 e.